The molecule has 0 saturated carbocycles. The quantitative estimate of drug-likeness (QED) is 0.221. The Labute approximate surface area is 253 Å². The summed E-state index contributed by atoms with van der Waals surface area (Å²) in [5.74, 6) is 1.60. The van der Waals surface area contributed by atoms with Crippen molar-refractivity contribution in [1.82, 2.24) is 9.55 Å². The summed E-state index contributed by atoms with van der Waals surface area (Å²) in [4.78, 5) is 4.05. The van der Waals surface area contributed by atoms with Crippen LogP contribution in [0.1, 0.15) is 62.9 Å². The van der Waals surface area contributed by atoms with Crippen molar-refractivity contribution in [2.24, 2.45) is 0 Å². The number of sulfone groups is 1. The van der Waals surface area contributed by atoms with Crippen LogP contribution < -0.4 is 23.7 Å². The van der Waals surface area contributed by atoms with Crippen LogP contribution in [0.15, 0.2) is 47.9 Å². The minimum Gasteiger partial charge on any atom is -0.493 e. The third-order valence-electron chi connectivity index (χ3n) is 7.12. The molecule has 0 spiro atoms. The van der Waals surface area contributed by atoms with Gasteiger partial charge >= 0.3 is 0 Å². The number of aromatic nitrogens is 2. The van der Waals surface area contributed by atoms with Crippen LogP contribution in [-0.4, -0.2) is 69.5 Å². The summed E-state index contributed by atoms with van der Waals surface area (Å²) >= 11 is 0. The Morgan fingerprint density at radius 2 is 1.60 bits per heavy atom. The van der Waals surface area contributed by atoms with Crippen LogP contribution in [0.4, 0.5) is 0 Å². The molecule has 12 heteroatoms. The number of rotatable bonds is 16. The Morgan fingerprint density at radius 3 is 2.16 bits per heavy atom. The van der Waals surface area contributed by atoms with Crippen molar-refractivity contribution in [3.05, 3.63) is 54.1 Å². The summed E-state index contributed by atoms with van der Waals surface area (Å²) in [5, 5.41) is 10.0. The molecule has 1 unspecified atom stereocenters. The molecule has 2 heterocycles. The number of imidazole rings is 1. The maximum atomic E-state index is 13.5. The van der Waals surface area contributed by atoms with Gasteiger partial charge in [0.05, 0.1) is 64.9 Å². The molecule has 4 rings (SSSR count). The van der Waals surface area contributed by atoms with E-state index in [1.807, 2.05) is 35.9 Å². The molecule has 11 nitrogen and oxygen atoms in total. The zero-order valence-corrected chi connectivity index (χ0v) is 26.3. The lowest BCUT2D eigenvalue weighted by Crippen LogP contribution is -2.19. The largest absolute Gasteiger partial charge is 0.493 e. The molecule has 1 aliphatic heterocycles. The van der Waals surface area contributed by atoms with Gasteiger partial charge in [-0.25, -0.2) is 13.4 Å². The van der Waals surface area contributed by atoms with Crippen LogP contribution >= 0.6 is 0 Å². The van der Waals surface area contributed by atoms with E-state index in [0.29, 0.717) is 74.0 Å². The monoisotopic (exact) mass is 618 g/mol. The number of benzene rings is 2. The van der Waals surface area contributed by atoms with Crippen molar-refractivity contribution < 1.29 is 41.9 Å². The lowest BCUT2D eigenvalue weighted by molar-refractivity contribution is 0.0434. The highest BCUT2D eigenvalue weighted by Gasteiger charge is 2.33. The molecule has 1 aromatic heterocycles. The molecule has 2 aromatic carbocycles. The average Bonchev–Trinajstić information content (AvgIpc) is 3.70. The maximum absolute atomic E-state index is 13.5. The summed E-state index contributed by atoms with van der Waals surface area (Å²) in [6.45, 7) is 4.73. The predicted molar refractivity (Wildman–Crippen MR) is 160 cm³/mol. The van der Waals surface area contributed by atoms with Gasteiger partial charge < -0.3 is 38.1 Å². The lowest BCUT2D eigenvalue weighted by atomic mass is 10.0. The zero-order chi connectivity index (χ0) is 31.0. The zero-order valence-electron chi connectivity index (χ0n) is 25.4. The van der Waals surface area contributed by atoms with Crippen LogP contribution in [0.25, 0.3) is 0 Å². The van der Waals surface area contributed by atoms with E-state index in [1.54, 1.807) is 39.9 Å². The SMILES string of the molecule is CCCOc1c(OCCCn2ccnc2)cc([C@H]2CC[C@H](c3cc(OC)c(OC)c(OC)c3)O2)cc1S(=O)(=O)CC(C)O. The number of aliphatic hydroxyl groups is 1. The molecule has 1 fully saturated rings. The first-order chi connectivity index (χ1) is 20.7. The van der Waals surface area contributed by atoms with Gasteiger partial charge in [-0.3, -0.25) is 0 Å². The molecule has 1 aliphatic rings. The fraction of sp³-hybridized carbons (Fsp3) is 0.516. The maximum Gasteiger partial charge on any atom is 0.203 e. The van der Waals surface area contributed by atoms with Gasteiger partial charge in [0.15, 0.2) is 32.8 Å². The number of hydrogen-bond acceptors (Lipinski definition) is 10. The molecular formula is C31H42N2O9S. The second-order valence-electron chi connectivity index (χ2n) is 10.5. The van der Waals surface area contributed by atoms with Gasteiger partial charge in [-0.05, 0) is 68.0 Å². The molecule has 1 N–H and O–H groups in total. The van der Waals surface area contributed by atoms with Gasteiger partial charge in [0.1, 0.15) is 4.90 Å². The molecule has 1 saturated heterocycles. The smallest absolute Gasteiger partial charge is 0.203 e. The van der Waals surface area contributed by atoms with E-state index in [4.69, 9.17) is 28.4 Å². The van der Waals surface area contributed by atoms with E-state index >= 15 is 0 Å². The first-order valence-electron chi connectivity index (χ1n) is 14.5. The van der Waals surface area contributed by atoms with Crippen molar-refractivity contribution in [2.45, 2.75) is 69.3 Å². The number of aliphatic hydroxyl groups excluding tert-OH is 1. The van der Waals surface area contributed by atoms with Crippen LogP contribution in [0, 0.1) is 0 Å². The third-order valence-corrected chi connectivity index (χ3v) is 9.01. The average molecular weight is 619 g/mol. The Balaban J connectivity index is 1.67. The molecule has 0 aliphatic carbocycles. The van der Waals surface area contributed by atoms with Gasteiger partial charge in [0, 0.05) is 18.9 Å². The first kappa shape index (κ1) is 32.4. The highest BCUT2D eigenvalue weighted by molar-refractivity contribution is 7.91. The number of methoxy groups -OCH3 is 3. The van der Waals surface area contributed by atoms with Gasteiger partial charge in [-0.15, -0.1) is 0 Å². The van der Waals surface area contributed by atoms with E-state index in [-0.39, 0.29) is 16.7 Å². The molecule has 3 aromatic rings. The molecule has 0 bridgehead atoms. The summed E-state index contributed by atoms with van der Waals surface area (Å²) < 4.78 is 64.2. The van der Waals surface area contributed by atoms with Gasteiger partial charge in [0.25, 0.3) is 0 Å². The van der Waals surface area contributed by atoms with Gasteiger partial charge in [0.2, 0.25) is 5.75 Å². The Kier molecular flexibility index (Phi) is 11.2. The number of aryl methyl sites for hydroxylation is 1. The van der Waals surface area contributed by atoms with Crippen molar-refractivity contribution in [3.63, 3.8) is 0 Å². The molecule has 43 heavy (non-hydrogen) atoms. The number of nitrogens with zero attached hydrogens (tertiary/aromatic N) is 2. The number of hydrogen-bond donors (Lipinski definition) is 1. The van der Waals surface area contributed by atoms with Gasteiger partial charge in [-0.1, -0.05) is 6.92 Å². The highest BCUT2D eigenvalue weighted by atomic mass is 32.2. The third kappa shape index (κ3) is 7.92. The van der Waals surface area contributed by atoms with Crippen LogP contribution in [0.3, 0.4) is 0 Å². The molecular weight excluding hydrogens is 576 g/mol. The van der Waals surface area contributed by atoms with Crippen LogP contribution in [0.2, 0.25) is 0 Å². The normalized spacial score (nSPS) is 17.4. The summed E-state index contributed by atoms with van der Waals surface area (Å²) in [6.07, 6.45) is 6.27. The van der Waals surface area contributed by atoms with Crippen LogP contribution in [0.5, 0.6) is 28.7 Å². The van der Waals surface area contributed by atoms with E-state index in [1.165, 1.54) is 6.92 Å². The fourth-order valence-electron chi connectivity index (χ4n) is 5.14. The molecule has 0 amide bonds. The van der Waals surface area contributed by atoms with E-state index in [2.05, 4.69) is 4.98 Å². The Bertz CT molecular complexity index is 1420. The molecule has 0 radical (unpaired) electrons. The van der Waals surface area contributed by atoms with Crippen molar-refractivity contribution in [1.29, 1.82) is 0 Å². The second kappa shape index (κ2) is 14.8. The van der Waals surface area contributed by atoms with Gasteiger partial charge in [-0.2, -0.15) is 0 Å². The molecule has 236 valence electrons. The van der Waals surface area contributed by atoms with Crippen molar-refractivity contribution >= 4 is 9.84 Å². The van der Waals surface area contributed by atoms with E-state index < -0.39 is 27.8 Å². The highest BCUT2D eigenvalue weighted by Crippen LogP contribution is 2.48. The number of ether oxygens (including phenoxy) is 6. The van der Waals surface area contributed by atoms with E-state index in [0.717, 1.165) is 5.56 Å². The Hall–Kier alpha value is -3.48. The second-order valence-corrected chi connectivity index (χ2v) is 12.5. The minimum atomic E-state index is -3.92. The topological polar surface area (TPSA) is 128 Å². The summed E-state index contributed by atoms with van der Waals surface area (Å²) in [6, 6.07) is 7.14. The summed E-state index contributed by atoms with van der Waals surface area (Å²) in [7, 11) is 0.756. The first-order valence-corrected chi connectivity index (χ1v) is 16.1. The van der Waals surface area contributed by atoms with E-state index in [9.17, 15) is 13.5 Å². The van der Waals surface area contributed by atoms with Crippen LogP contribution in [-0.2, 0) is 21.1 Å². The standard InChI is InChI=1S/C31H42N2O9S/c1-6-13-41-31-28(40-14-7-11-33-12-10-32-20-33)17-23(18-29(31)43(35,36)19-21(2)34)25-9-8-24(42-25)22-15-26(37-3)30(39-5)27(16-22)38-4/h10,12,15-18,20-21,24-25,34H,6-9,11,13-14,19H2,1-5H3/t21?,24-,25-/m1/s1. The Morgan fingerprint density at radius 1 is 0.953 bits per heavy atom. The molecule has 3 atom stereocenters. The van der Waals surface area contributed by atoms with Crippen molar-refractivity contribution in [2.75, 3.05) is 40.3 Å². The predicted octanol–water partition coefficient (Wildman–Crippen LogP) is 4.91. The van der Waals surface area contributed by atoms with Crippen molar-refractivity contribution in [3.8, 4) is 28.7 Å². The lowest BCUT2D eigenvalue weighted by Gasteiger charge is -2.21. The summed E-state index contributed by atoms with van der Waals surface area (Å²) in [5.41, 5.74) is 1.52. The fourth-order valence-corrected chi connectivity index (χ4v) is 6.71. The minimum absolute atomic E-state index is 0.0104.